The second-order valence-corrected chi connectivity index (χ2v) is 10.8. The van der Waals surface area contributed by atoms with E-state index in [-0.39, 0.29) is 21.1 Å². The number of hydrogen-bond donors (Lipinski definition) is 0. The Labute approximate surface area is 261 Å². The molecule has 0 amide bonds. The summed E-state index contributed by atoms with van der Waals surface area (Å²) in [6, 6.07) is 0. The molecular formula is C36H44N4Pt. The first-order chi connectivity index (χ1) is 19.5. The van der Waals surface area contributed by atoms with Crippen LogP contribution in [0.25, 0.3) is 0 Å². The zero-order chi connectivity index (χ0) is 28.6. The van der Waals surface area contributed by atoms with Gasteiger partial charge < -0.3 is 0 Å². The molecule has 0 unspecified atom stereocenters. The summed E-state index contributed by atoms with van der Waals surface area (Å²) in [7, 11) is 0. The molecule has 0 atom stereocenters. The Morgan fingerprint density at radius 3 is 0.634 bits per heavy atom. The van der Waals surface area contributed by atoms with Gasteiger partial charge in [0.1, 0.15) is 0 Å². The van der Waals surface area contributed by atoms with Crippen molar-refractivity contribution in [2.24, 2.45) is 20.0 Å². The molecule has 0 aromatic rings. The van der Waals surface area contributed by atoms with Gasteiger partial charge in [0, 0.05) is 21.1 Å². The van der Waals surface area contributed by atoms with Crippen molar-refractivity contribution in [3.63, 3.8) is 0 Å². The van der Waals surface area contributed by atoms with Crippen LogP contribution in [0.4, 0.5) is 0 Å². The molecule has 0 spiro atoms. The Kier molecular flexibility index (Phi) is 9.96. The summed E-state index contributed by atoms with van der Waals surface area (Å²) in [6.07, 6.45) is 16.6. The van der Waals surface area contributed by atoms with E-state index in [2.05, 4.69) is 79.7 Å². The van der Waals surface area contributed by atoms with Gasteiger partial charge in [-0.25, -0.2) is 20.0 Å². The molecule has 0 saturated heterocycles. The molecule has 5 heterocycles. The van der Waals surface area contributed by atoms with Crippen LogP contribution in [-0.4, -0.2) is 22.8 Å². The molecule has 8 bridgehead atoms. The van der Waals surface area contributed by atoms with Gasteiger partial charge in [0.2, 0.25) is 0 Å². The maximum absolute atomic E-state index is 5.25. The Balaban J connectivity index is 0.00000387. The molecule has 0 aliphatic carbocycles. The van der Waals surface area contributed by atoms with Gasteiger partial charge in [-0.2, -0.15) is 0 Å². The fourth-order valence-corrected chi connectivity index (χ4v) is 6.92. The average Bonchev–Trinajstić information content (AvgIpc) is 3.67. The summed E-state index contributed by atoms with van der Waals surface area (Å²) in [5, 5.41) is 0. The molecule has 0 saturated carbocycles. The molecule has 0 aromatic heterocycles. The van der Waals surface area contributed by atoms with Crippen LogP contribution in [0.3, 0.4) is 0 Å². The van der Waals surface area contributed by atoms with Crippen LogP contribution in [0.1, 0.15) is 107 Å². The molecule has 0 radical (unpaired) electrons. The van der Waals surface area contributed by atoms with Crippen molar-refractivity contribution in [2.75, 3.05) is 0 Å². The van der Waals surface area contributed by atoms with E-state index in [1.165, 1.54) is 44.6 Å². The number of hydrogen-bond acceptors (Lipinski definition) is 4. The number of nitrogens with zero attached hydrogens (tertiary/aromatic N) is 4. The summed E-state index contributed by atoms with van der Waals surface area (Å²) >= 11 is 0. The third kappa shape index (κ3) is 5.34. The van der Waals surface area contributed by atoms with E-state index in [9.17, 15) is 0 Å². The Morgan fingerprint density at radius 2 is 0.488 bits per heavy atom. The predicted octanol–water partition coefficient (Wildman–Crippen LogP) is 9.82. The number of aliphatic imine (C=N–C) groups is 4. The molecule has 5 aliphatic rings. The molecule has 5 aliphatic heterocycles. The SMILES string of the molecule is CCC1=C(CC)C2=NC1=CC1=NC(=CC3=NC(=CC4=NC(=C2)C(CC)=C4CC)C(CC)=C3CC)C(CC)=C1CC.[Pt]. The van der Waals surface area contributed by atoms with Gasteiger partial charge in [-0.05, 0) is 120 Å². The van der Waals surface area contributed by atoms with Crippen LogP contribution >= 0.6 is 0 Å². The first-order valence-electron chi connectivity index (χ1n) is 15.6. The maximum atomic E-state index is 5.25. The van der Waals surface area contributed by atoms with Crippen molar-refractivity contribution in [3.8, 4) is 0 Å². The second kappa shape index (κ2) is 13.1. The van der Waals surface area contributed by atoms with Crippen LogP contribution in [0.2, 0.25) is 0 Å². The van der Waals surface area contributed by atoms with Crippen molar-refractivity contribution in [3.05, 3.63) is 91.7 Å². The molecule has 0 aromatic carbocycles. The number of fused-ring (bicyclic) bond motifs is 4. The van der Waals surface area contributed by atoms with Gasteiger partial charge in [0.25, 0.3) is 0 Å². The maximum Gasteiger partial charge on any atom is 0.0694 e. The molecule has 218 valence electrons. The molecule has 41 heavy (non-hydrogen) atoms. The largest absolute Gasteiger partial charge is 0.248 e. The summed E-state index contributed by atoms with van der Waals surface area (Å²) in [4.78, 5) is 21.0. The summed E-state index contributed by atoms with van der Waals surface area (Å²) in [6.45, 7) is 17.9. The van der Waals surface area contributed by atoms with E-state index >= 15 is 0 Å². The fourth-order valence-electron chi connectivity index (χ4n) is 6.92. The van der Waals surface area contributed by atoms with Crippen LogP contribution in [-0.2, 0) is 21.1 Å². The van der Waals surface area contributed by atoms with E-state index in [0.717, 1.165) is 97.0 Å². The predicted molar refractivity (Wildman–Crippen MR) is 173 cm³/mol. The average molecular weight is 728 g/mol. The smallest absolute Gasteiger partial charge is 0.0694 e. The third-order valence-electron chi connectivity index (χ3n) is 8.82. The molecule has 4 nitrogen and oxygen atoms in total. The minimum atomic E-state index is 0. The Bertz CT molecular complexity index is 1290. The minimum absolute atomic E-state index is 0. The van der Waals surface area contributed by atoms with E-state index in [4.69, 9.17) is 20.0 Å². The fraction of sp³-hybridized carbons (Fsp3) is 0.444. The third-order valence-corrected chi connectivity index (χ3v) is 8.82. The Morgan fingerprint density at radius 1 is 0.317 bits per heavy atom. The quantitative estimate of drug-likeness (QED) is 0.239. The first-order valence-corrected chi connectivity index (χ1v) is 15.6. The minimum Gasteiger partial charge on any atom is -0.248 e. The van der Waals surface area contributed by atoms with Gasteiger partial charge in [-0.15, -0.1) is 0 Å². The zero-order valence-corrected chi connectivity index (χ0v) is 28.3. The number of allylic oxidation sites excluding steroid dienone is 12. The standard InChI is InChI=1S/C36H44N4.Pt/c1-9-21-22(10-2)30-18-32-25(13-5)26(14-6)34(39-32)20-36-28(16-8)27(15-7)35(40-36)19-33-24(12-4)23(11-3)31(38-33)17-29(21)37-30;/h17-20H,9-16H2,1-8H3;. The van der Waals surface area contributed by atoms with Gasteiger partial charge in [-0.3, -0.25) is 0 Å². The molecular weight excluding hydrogens is 684 g/mol. The first kappa shape index (κ1) is 31.2. The van der Waals surface area contributed by atoms with Gasteiger partial charge in [0.15, 0.2) is 0 Å². The molecule has 5 heteroatoms. The van der Waals surface area contributed by atoms with Gasteiger partial charge >= 0.3 is 0 Å². The van der Waals surface area contributed by atoms with E-state index in [0.29, 0.717) is 0 Å². The van der Waals surface area contributed by atoms with Crippen molar-refractivity contribution in [1.82, 2.24) is 0 Å². The van der Waals surface area contributed by atoms with E-state index in [1.54, 1.807) is 0 Å². The normalized spacial score (nSPS) is 20.1. The van der Waals surface area contributed by atoms with E-state index < -0.39 is 0 Å². The van der Waals surface area contributed by atoms with Crippen LogP contribution in [0, 0.1) is 0 Å². The van der Waals surface area contributed by atoms with Crippen LogP contribution in [0.5, 0.6) is 0 Å². The van der Waals surface area contributed by atoms with Gasteiger partial charge in [0.05, 0.1) is 45.6 Å². The summed E-state index contributed by atoms with van der Waals surface area (Å²) in [5.41, 5.74) is 19.1. The topological polar surface area (TPSA) is 49.4 Å². The molecule has 0 N–H and O–H groups in total. The van der Waals surface area contributed by atoms with Crippen LogP contribution in [0.15, 0.2) is 112 Å². The van der Waals surface area contributed by atoms with Crippen molar-refractivity contribution in [1.29, 1.82) is 0 Å². The van der Waals surface area contributed by atoms with Gasteiger partial charge in [-0.1, -0.05) is 55.4 Å². The van der Waals surface area contributed by atoms with E-state index in [1.807, 2.05) is 0 Å². The Hall–Kier alpha value is -2.71. The zero-order valence-electron chi connectivity index (χ0n) is 26.1. The molecule has 5 rings (SSSR count). The monoisotopic (exact) mass is 727 g/mol. The number of rotatable bonds is 8. The van der Waals surface area contributed by atoms with Crippen molar-refractivity contribution >= 4 is 22.8 Å². The summed E-state index contributed by atoms with van der Waals surface area (Å²) < 4.78 is 0. The summed E-state index contributed by atoms with van der Waals surface area (Å²) in [5.74, 6) is 0. The van der Waals surface area contributed by atoms with Crippen molar-refractivity contribution in [2.45, 2.75) is 107 Å². The van der Waals surface area contributed by atoms with Crippen LogP contribution < -0.4 is 0 Å². The van der Waals surface area contributed by atoms with Crippen molar-refractivity contribution < 1.29 is 21.1 Å². The molecule has 0 fully saturated rings. The second-order valence-electron chi connectivity index (χ2n) is 10.8.